The van der Waals surface area contributed by atoms with Crippen LogP contribution in [0.5, 0.6) is 0 Å². The van der Waals surface area contributed by atoms with Crippen LogP contribution in [-0.2, 0) is 19.1 Å². The van der Waals surface area contributed by atoms with Crippen LogP contribution in [0.3, 0.4) is 0 Å². The van der Waals surface area contributed by atoms with Crippen LogP contribution in [0.15, 0.2) is 24.3 Å². The summed E-state index contributed by atoms with van der Waals surface area (Å²) in [5.74, 6) is -1.76. The number of ether oxygens (including phenoxy) is 1. The van der Waals surface area contributed by atoms with Crippen molar-refractivity contribution in [3.63, 3.8) is 0 Å². The molecule has 23 heavy (non-hydrogen) atoms. The van der Waals surface area contributed by atoms with E-state index in [-0.39, 0.29) is 24.6 Å². The average molecular weight is 324 g/mol. The zero-order chi connectivity index (χ0) is 16.8. The molecule has 1 aromatic rings. The fraction of sp³-hybridized carbons (Fsp3) is 0.400. The number of para-hydroxylation sites is 1. The number of hydrogen-bond donors (Lipinski definition) is 3. The van der Waals surface area contributed by atoms with E-state index in [1.54, 1.807) is 6.07 Å². The summed E-state index contributed by atoms with van der Waals surface area (Å²) in [6.45, 7) is 0.875. The normalized spacial score (nSPS) is 20.5. The molecule has 0 saturated carbocycles. The SMILES string of the molecule is COC(=O)C[C@@H]1C(=O)NCC[NH+]1CC(=O)Nc1ccccc1F. The first-order valence-corrected chi connectivity index (χ1v) is 7.24. The number of nitrogens with one attached hydrogen (secondary N) is 3. The van der Waals surface area contributed by atoms with Crippen LogP contribution >= 0.6 is 0 Å². The molecule has 0 radical (unpaired) electrons. The van der Waals surface area contributed by atoms with Gasteiger partial charge in [-0.3, -0.25) is 14.4 Å². The van der Waals surface area contributed by atoms with Crippen LogP contribution in [0.2, 0.25) is 0 Å². The van der Waals surface area contributed by atoms with Gasteiger partial charge < -0.3 is 20.3 Å². The molecular formula is C15H19FN3O4+. The van der Waals surface area contributed by atoms with Crippen LogP contribution in [0.25, 0.3) is 0 Å². The molecule has 0 aliphatic carbocycles. The summed E-state index contributed by atoms with van der Waals surface area (Å²) in [5, 5.41) is 5.14. The van der Waals surface area contributed by atoms with Gasteiger partial charge in [-0.25, -0.2) is 4.39 Å². The van der Waals surface area contributed by atoms with Crippen molar-refractivity contribution in [2.45, 2.75) is 12.5 Å². The van der Waals surface area contributed by atoms with Gasteiger partial charge >= 0.3 is 5.97 Å². The van der Waals surface area contributed by atoms with E-state index in [9.17, 15) is 18.8 Å². The lowest BCUT2D eigenvalue weighted by Gasteiger charge is -2.30. The number of hydrogen-bond acceptors (Lipinski definition) is 4. The second-order valence-electron chi connectivity index (χ2n) is 5.24. The molecule has 0 spiro atoms. The average Bonchev–Trinajstić information content (AvgIpc) is 2.52. The predicted molar refractivity (Wildman–Crippen MR) is 79.2 cm³/mol. The molecule has 0 bridgehead atoms. The molecule has 1 fully saturated rings. The first-order valence-electron chi connectivity index (χ1n) is 7.24. The molecule has 2 amide bonds. The largest absolute Gasteiger partial charge is 0.469 e. The van der Waals surface area contributed by atoms with E-state index in [1.807, 2.05) is 0 Å². The van der Waals surface area contributed by atoms with Crippen LogP contribution in [0.4, 0.5) is 10.1 Å². The summed E-state index contributed by atoms with van der Waals surface area (Å²) >= 11 is 0. The van der Waals surface area contributed by atoms with Crippen LogP contribution in [0, 0.1) is 5.82 Å². The molecule has 0 aromatic heterocycles. The molecule has 8 heteroatoms. The Bertz CT molecular complexity index is 608. The Kier molecular flexibility index (Phi) is 5.64. The fourth-order valence-electron chi connectivity index (χ4n) is 2.49. The molecule has 7 nitrogen and oxygen atoms in total. The maximum Gasteiger partial charge on any atom is 0.312 e. The van der Waals surface area contributed by atoms with Gasteiger partial charge in [-0.1, -0.05) is 12.1 Å². The van der Waals surface area contributed by atoms with E-state index in [2.05, 4.69) is 15.4 Å². The smallest absolute Gasteiger partial charge is 0.312 e. The van der Waals surface area contributed by atoms with Crippen molar-refractivity contribution in [3.05, 3.63) is 30.1 Å². The Labute approximate surface area is 132 Å². The second-order valence-corrected chi connectivity index (χ2v) is 5.24. The van der Waals surface area contributed by atoms with Gasteiger partial charge in [-0.15, -0.1) is 0 Å². The molecule has 2 rings (SSSR count). The highest BCUT2D eigenvalue weighted by Gasteiger charge is 2.36. The van der Waals surface area contributed by atoms with Crippen molar-refractivity contribution in [2.24, 2.45) is 0 Å². The maximum atomic E-state index is 13.5. The molecule has 2 atom stereocenters. The summed E-state index contributed by atoms with van der Waals surface area (Å²) in [4.78, 5) is 36.1. The van der Waals surface area contributed by atoms with E-state index in [0.717, 1.165) is 0 Å². The molecule has 1 aliphatic heterocycles. The molecule has 1 saturated heterocycles. The number of piperazine rings is 1. The molecule has 1 aromatic carbocycles. The fourth-order valence-corrected chi connectivity index (χ4v) is 2.49. The van der Waals surface area contributed by atoms with Gasteiger partial charge in [-0.05, 0) is 12.1 Å². The number of esters is 1. The summed E-state index contributed by atoms with van der Waals surface area (Å²) in [6, 6.07) is 5.15. The van der Waals surface area contributed by atoms with Gasteiger partial charge in [0.25, 0.3) is 11.8 Å². The number of rotatable bonds is 5. The maximum absolute atomic E-state index is 13.5. The van der Waals surface area contributed by atoms with E-state index in [4.69, 9.17) is 0 Å². The zero-order valence-corrected chi connectivity index (χ0v) is 12.7. The standard InChI is InChI=1S/C15H18FN3O4/c1-23-14(21)8-12-15(22)17-6-7-19(12)9-13(20)18-11-5-3-2-4-10(11)16/h2-5,12H,6-9H2,1H3,(H,17,22)(H,18,20)/p+1/t12-/m1/s1. The second kappa shape index (κ2) is 7.68. The Balaban J connectivity index is 2.01. The molecular weight excluding hydrogens is 305 g/mol. The summed E-state index contributed by atoms with van der Waals surface area (Å²) in [7, 11) is 1.24. The Morgan fingerprint density at radius 2 is 2.17 bits per heavy atom. The van der Waals surface area contributed by atoms with Crippen molar-refractivity contribution >= 4 is 23.5 Å². The van der Waals surface area contributed by atoms with Crippen molar-refractivity contribution in [1.29, 1.82) is 0 Å². The third-order valence-corrected chi connectivity index (χ3v) is 3.69. The highest BCUT2D eigenvalue weighted by Crippen LogP contribution is 2.11. The van der Waals surface area contributed by atoms with Gasteiger partial charge in [0.1, 0.15) is 12.2 Å². The number of anilines is 1. The zero-order valence-electron chi connectivity index (χ0n) is 12.7. The van der Waals surface area contributed by atoms with Gasteiger partial charge in [-0.2, -0.15) is 0 Å². The van der Waals surface area contributed by atoms with Crippen molar-refractivity contribution < 1.29 is 28.4 Å². The lowest BCUT2D eigenvalue weighted by molar-refractivity contribution is -0.909. The number of methoxy groups -OCH3 is 1. The third-order valence-electron chi connectivity index (χ3n) is 3.69. The monoisotopic (exact) mass is 324 g/mol. The minimum atomic E-state index is -0.692. The highest BCUT2D eigenvalue weighted by molar-refractivity contribution is 5.92. The Morgan fingerprint density at radius 3 is 2.87 bits per heavy atom. The predicted octanol–water partition coefficient (Wildman–Crippen LogP) is -1.29. The molecule has 124 valence electrons. The molecule has 1 heterocycles. The summed E-state index contributed by atoms with van der Waals surface area (Å²) in [6.07, 6.45) is -0.107. The van der Waals surface area contributed by atoms with E-state index in [1.165, 1.54) is 25.3 Å². The lowest BCUT2D eigenvalue weighted by atomic mass is 10.1. The van der Waals surface area contributed by atoms with Crippen molar-refractivity contribution in [1.82, 2.24) is 5.32 Å². The number of carbonyl (C=O) groups is 3. The van der Waals surface area contributed by atoms with Crippen LogP contribution in [-0.4, -0.2) is 50.6 Å². The first kappa shape index (κ1) is 16.9. The molecule has 3 N–H and O–H groups in total. The van der Waals surface area contributed by atoms with Gasteiger partial charge in [0.2, 0.25) is 0 Å². The quantitative estimate of drug-likeness (QED) is 0.588. The minimum absolute atomic E-state index is 0.0383. The molecule has 1 unspecified atom stereocenters. The van der Waals surface area contributed by atoms with E-state index < -0.39 is 23.7 Å². The topological polar surface area (TPSA) is 88.9 Å². The van der Waals surface area contributed by atoms with Crippen LogP contribution < -0.4 is 15.5 Å². The highest BCUT2D eigenvalue weighted by atomic mass is 19.1. The van der Waals surface area contributed by atoms with Gasteiger partial charge in [0.05, 0.1) is 25.9 Å². The number of benzene rings is 1. The first-order chi connectivity index (χ1) is 11.0. The number of amides is 2. The van der Waals surface area contributed by atoms with Crippen molar-refractivity contribution in [3.8, 4) is 0 Å². The van der Waals surface area contributed by atoms with Gasteiger partial charge in [0, 0.05) is 0 Å². The Morgan fingerprint density at radius 1 is 1.43 bits per heavy atom. The minimum Gasteiger partial charge on any atom is -0.469 e. The number of quaternary nitrogens is 1. The Hall–Kier alpha value is -2.48. The lowest BCUT2D eigenvalue weighted by Crippen LogP contribution is -3.20. The molecule has 1 aliphatic rings. The van der Waals surface area contributed by atoms with E-state index in [0.29, 0.717) is 18.0 Å². The van der Waals surface area contributed by atoms with Gasteiger partial charge in [0.15, 0.2) is 12.6 Å². The number of carbonyl (C=O) groups excluding carboxylic acids is 3. The van der Waals surface area contributed by atoms with Crippen LogP contribution in [0.1, 0.15) is 6.42 Å². The van der Waals surface area contributed by atoms with Crippen molar-refractivity contribution in [2.75, 3.05) is 32.1 Å². The van der Waals surface area contributed by atoms with E-state index >= 15 is 0 Å². The summed E-state index contributed by atoms with van der Waals surface area (Å²) in [5.41, 5.74) is 0.0860. The summed E-state index contributed by atoms with van der Waals surface area (Å²) < 4.78 is 18.1. The number of halogens is 1. The third kappa shape index (κ3) is 4.49.